The highest BCUT2D eigenvalue weighted by atomic mass is 19.2. The third-order valence-corrected chi connectivity index (χ3v) is 5.78. The van der Waals surface area contributed by atoms with E-state index in [-0.39, 0.29) is 17.3 Å². The third-order valence-electron chi connectivity index (χ3n) is 5.78. The summed E-state index contributed by atoms with van der Waals surface area (Å²) in [5, 5.41) is 0. The summed E-state index contributed by atoms with van der Waals surface area (Å²) >= 11 is 0. The van der Waals surface area contributed by atoms with E-state index in [0.29, 0.717) is 25.6 Å². The molecule has 2 aliphatic rings. The fraction of sp³-hybridized carbons (Fsp3) is 0.684. The first-order valence-corrected chi connectivity index (χ1v) is 9.23. The van der Waals surface area contributed by atoms with Gasteiger partial charge in [-0.3, -0.25) is 0 Å². The Kier molecular flexibility index (Phi) is 5.10. The molecule has 0 saturated carbocycles. The Balaban J connectivity index is 1.86. The van der Waals surface area contributed by atoms with Crippen LogP contribution in [0.3, 0.4) is 0 Å². The van der Waals surface area contributed by atoms with Gasteiger partial charge < -0.3 is 18.9 Å². The van der Waals surface area contributed by atoms with Gasteiger partial charge in [-0.1, -0.05) is 19.9 Å². The topological polar surface area (TPSA) is 30.9 Å². The van der Waals surface area contributed by atoms with Gasteiger partial charge in [-0.15, -0.1) is 0 Å². The van der Waals surface area contributed by atoms with E-state index < -0.39 is 30.0 Å². The first-order chi connectivity index (χ1) is 12.0. The maximum atomic E-state index is 14.8. The number of benzene rings is 1. The van der Waals surface area contributed by atoms with Gasteiger partial charge in [0.15, 0.2) is 11.6 Å². The third kappa shape index (κ3) is 3.37. The van der Waals surface area contributed by atoms with Gasteiger partial charge in [0.25, 0.3) is 0 Å². The maximum Gasteiger partial charge on any atom is 0.497 e. The van der Waals surface area contributed by atoms with E-state index in [9.17, 15) is 8.78 Å². The van der Waals surface area contributed by atoms with Crippen LogP contribution in [0.25, 0.3) is 0 Å². The molecule has 1 atom stereocenters. The van der Waals surface area contributed by atoms with Crippen molar-refractivity contribution >= 4 is 18.3 Å². The molecule has 7 heteroatoms. The van der Waals surface area contributed by atoms with Crippen molar-refractivity contribution in [1.82, 2.24) is 0 Å². The zero-order valence-electron chi connectivity index (χ0n) is 16.4. The van der Waals surface area contributed by atoms with E-state index in [2.05, 4.69) is 13.8 Å². The molecule has 0 bridgehead atoms. The number of halogens is 2. The minimum absolute atomic E-state index is 0.00832. The van der Waals surface area contributed by atoms with Crippen molar-refractivity contribution in [2.24, 2.45) is 5.92 Å². The summed E-state index contributed by atoms with van der Waals surface area (Å²) < 4.78 is 47.1. The number of morpholine rings is 1. The monoisotopic (exact) mass is 367 g/mol. The van der Waals surface area contributed by atoms with Gasteiger partial charge in [0.2, 0.25) is 0 Å². The van der Waals surface area contributed by atoms with Gasteiger partial charge in [-0.05, 0) is 39.7 Å². The quantitative estimate of drug-likeness (QED) is 0.769. The molecule has 2 aliphatic heterocycles. The van der Waals surface area contributed by atoms with E-state index in [4.69, 9.17) is 14.0 Å². The molecule has 0 aliphatic carbocycles. The highest BCUT2D eigenvalue weighted by Crippen LogP contribution is 2.37. The largest absolute Gasteiger partial charge is 0.497 e. The molecule has 3 rings (SSSR count). The number of nitrogens with zero attached hydrogens (tertiary/aromatic N) is 1. The lowest BCUT2D eigenvalue weighted by molar-refractivity contribution is 0.00578. The van der Waals surface area contributed by atoms with Crippen molar-refractivity contribution in [3.63, 3.8) is 0 Å². The molecule has 0 unspecified atom stereocenters. The van der Waals surface area contributed by atoms with E-state index in [1.807, 2.05) is 32.6 Å². The second-order valence-electron chi connectivity index (χ2n) is 8.49. The Hall–Kier alpha value is -1.18. The molecular weight excluding hydrogens is 339 g/mol. The van der Waals surface area contributed by atoms with E-state index in [0.717, 1.165) is 0 Å². The van der Waals surface area contributed by atoms with E-state index in [1.54, 1.807) is 12.1 Å². The second-order valence-corrected chi connectivity index (χ2v) is 8.49. The van der Waals surface area contributed by atoms with Crippen LogP contribution >= 0.6 is 0 Å². The van der Waals surface area contributed by atoms with Crippen molar-refractivity contribution in [1.29, 1.82) is 0 Å². The van der Waals surface area contributed by atoms with Gasteiger partial charge >= 0.3 is 7.12 Å². The molecule has 0 spiro atoms. The Morgan fingerprint density at radius 2 is 1.69 bits per heavy atom. The first kappa shape index (κ1) is 19.6. The van der Waals surface area contributed by atoms with Crippen LogP contribution in [0.1, 0.15) is 41.5 Å². The standard InChI is InChI=1S/C19H28BF2NO3/c1-12(2)15-11-23(9-10-24-15)14-8-7-13(16(21)17(14)22)20-25-18(3,4)19(5,6)26-20/h7-8,12,15H,9-11H2,1-6H3/t15-/m1/s1. The normalized spacial score (nSPS) is 25.2. The molecule has 4 nitrogen and oxygen atoms in total. The highest BCUT2D eigenvalue weighted by molar-refractivity contribution is 6.62. The molecule has 1 aromatic rings. The molecule has 2 heterocycles. The summed E-state index contributed by atoms with van der Waals surface area (Å²) in [5.41, 5.74) is -0.850. The molecule has 144 valence electrons. The molecule has 26 heavy (non-hydrogen) atoms. The summed E-state index contributed by atoms with van der Waals surface area (Å²) in [4.78, 5) is 1.85. The lowest BCUT2D eigenvalue weighted by atomic mass is 9.78. The number of rotatable bonds is 3. The van der Waals surface area contributed by atoms with Crippen LogP contribution in [0.4, 0.5) is 14.5 Å². The lowest BCUT2D eigenvalue weighted by Gasteiger charge is -2.36. The van der Waals surface area contributed by atoms with Crippen LogP contribution in [0.5, 0.6) is 0 Å². The van der Waals surface area contributed by atoms with Crippen molar-refractivity contribution in [3.05, 3.63) is 23.8 Å². The van der Waals surface area contributed by atoms with Gasteiger partial charge in [0.05, 0.1) is 29.6 Å². The predicted molar refractivity (Wildman–Crippen MR) is 98.9 cm³/mol. The molecule has 0 amide bonds. The zero-order chi connectivity index (χ0) is 19.3. The van der Waals surface area contributed by atoms with E-state index >= 15 is 0 Å². The highest BCUT2D eigenvalue weighted by Gasteiger charge is 2.52. The second kappa shape index (κ2) is 6.77. The van der Waals surface area contributed by atoms with Crippen LogP contribution < -0.4 is 10.4 Å². The van der Waals surface area contributed by atoms with E-state index in [1.165, 1.54) is 0 Å². The SMILES string of the molecule is CC(C)[C@H]1CN(c2ccc(B3OC(C)(C)C(C)(C)O3)c(F)c2F)CCO1. The summed E-state index contributed by atoms with van der Waals surface area (Å²) in [6, 6.07) is 3.18. The Morgan fingerprint density at radius 1 is 1.08 bits per heavy atom. The molecule has 2 fully saturated rings. The molecule has 0 aromatic heterocycles. The number of ether oxygens (including phenoxy) is 1. The number of anilines is 1. The van der Waals surface area contributed by atoms with Crippen molar-refractivity contribution in [2.45, 2.75) is 58.8 Å². The molecular formula is C19H28BF2NO3. The smallest absolute Gasteiger partial charge is 0.399 e. The van der Waals surface area contributed by atoms with Crippen LogP contribution in [0, 0.1) is 17.6 Å². The van der Waals surface area contributed by atoms with Crippen LogP contribution in [-0.2, 0) is 14.0 Å². The predicted octanol–water partition coefficient (Wildman–Crippen LogP) is 3.13. The number of hydrogen-bond donors (Lipinski definition) is 0. The molecule has 1 aromatic carbocycles. The zero-order valence-corrected chi connectivity index (χ0v) is 16.4. The summed E-state index contributed by atoms with van der Waals surface area (Å²) in [5.74, 6) is -1.45. The minimum atomic E-state index is -0.920. The van der Waals surface area contributed by atoms with Crippen molar-refractivity contribution < 1.29 is 22.8 Å². The van der Waals surface area contributed by atoms with Crippen molar-refractivity contribution in [3.8, 4) is 0 Å². The summed E-state index contributed by atoms with van der Waals surface area (Å²) in [7, 11) is -0.920. The molecule has 0 N–H and O–H groups in total. The maximum absolute atomic E-state index is 14.8. The average molecular weight is 367 g/mol. The van der Waals surface area contributed by atoms with Crippen LogP contribution in [0.2, 0.25) is 0 Å². The Bertz CT molecular complexity index is 665. The Labute approximate surface area is 154 Å². The van der Waals surface area contributed by atoms with Crippen LogP contribution in [0.15, 0.2) is 12.1 Å². The number of hydrogen-bond acceptors (Lipinski definition) is 4. The summed E-state index contributed by atoms with van der Waals surface area (Å²) in [6.07, 6.45) is 0.00832. The molecule has 2 saturated heterocycles. The summed E-state index contributed by atoms with van der Waals surface area (Å²) in [6.45, 7) is 13.2. The van der Waals surface area contributed by atoms with Gasteiger partial charge in [0, 0.05) is 18.6 Å². The minimum Gasteiger partial charge on any atom is -0.399 e. The fourth-order valence-corrected chi connectivity index (χ4v) is 3.25. The first-order valence-electron chi connectivity index (χ1n) is 9.23. The fourth-order valence-electron chi connectivity index (χ4n) is 3.25. The lowest BCUT2D eigenvalue weighted by Crippen LogP contribution is -2.45. The Morgan fingerprint density at radius 3 is 2.27 bits per heavy atom. The molecule has 0 radical (unpaired) electrons. The van der Waals surface area contributed by atoms with Gasteiger partial charge in [-0.25, -0.2) is 8.78 Å². The average Bonchev–Trinajstić information content (AvgIpc) is 2.77. The van der Waals surface area contributed by atoms with Gasteiger partial charge in [-0.2, -0.15) is 0 Å². The van der Waals surface area contributed by atoms with Gasteiger partial charge in [0.1, 0.15) is 0 Å². The van der Waals surface area contributed by atoms with Crippen molar-refractivity contribution in [2.75, 3.05) is 24.6 Å². The van der Waals surface area contributed by atoms with Crippen LogP contribution in [-0.4, -0.2) is 44.1 Å².